The van der Waals surface area contributed by atoms with Crippen molar-refractivity contribution in [1.82, 2.24) is 24.0 Å². The lowest BCUT2D eigenvalue weighted by atomic mass is 10.4. The molecule has 2 rings (SSSR count). The summed E-state index contributed by atoms with van der Waals surface area (Å²) < 4.78 is 3.81. The predicted octanol–water partition coefficient (Wildman–Crippen LogP) is -0.998. The molecule has 0 unspecified atom stereocenters. The van der Waals surface area contributed by atoms with Gasteiger partial charge in [0.2, 0.25) is 11.9 Å². The molecule has 1 amide bonds. The van der Waals surface area contributed by atoms with Gasteiger partial charge in [-0.25, -0.2) is 4.79 Å². The summed E-state index contributed by atoms with van der Waals surface area (Å²) >= 11 is 0. The first kappa shape index (κ1) is 15.8. The van der Waals surface area contributed by atoms with Crippen LogP contribution in [0.3, 0.4) is 0 Å². The van der Waals surface area contributed by atoms with Crippen LogP contribution in [0.25, 0.3) is 11.2 Å². The Kier molecular flexibility index (Phi) is 4.34. The summed E-state index contributed by atoms with van der Waals surface area (Å²) in [5.41, 5.74) is -0.442. The highest BCUT2D eigenvalue weighted by atomic mass is 16.2. The topological polar surface area (TPSA) is 103 Å². The molecule has 0 fully saturated rings. The fraction of sp³-hybridized carbons (Fsp3) is 0.538. The Morgan fingerprint density at radius 1 is 1.14 bits per heavy atom. The number of nitrogens with zero attached hydrogens (tertiary/aromatic N) is 4. The highest BCUT2D eigenvalue weighted by Gasteiger charge is 2.20. The smallest absolute Gasteiger partial charge is 0.332 e. The van der Waals surface area contributed by atoms with E-state index in [4.69, 9.17) is 0 Å². The lowest BCUT2D eigenvalue weighted by Crippen LogP contribution is -2.38. The molecule has 2 aromatic heterocycles. The molecule has 0 saturated heterocycles. The van der Waals surface area contributed by atoms with E-state index < -0.39 is 11.2 Å². The molecule has 22 heavy (non-hydrogen) atoms. The number of hydrogen-bond donors (Lipinski definition) is 2. The number of aromatic nitrogens is 4. The third-order valence-electron chi connectivity index (χ3n) is 3.36. The van der Waals surface area contributed by atoms with Crippen LogP contribution < -0.4 is 21.9 Å². The van der Waals surface area contributed by atoms with Crippen LogP contribution in [0.2, 0.25) is 0 Å². The molecular weight excluding hydrogens is 288 g/mol. The second-order valence-corrected chi connectivity index (χ2v) is 4.88. The monoisotopic (exact) mass is 308 g/mol. The number of fused-ring (bicyclic) bond motifs is 1. The SMILES string of the molecule is CCNC(=O)Cn1c(NCC)nc2c1c(=O)n(C)c(=O)n2C. The van der Waals surface area contributed by atoms with Gasteiger partial charge in [-0.15, -0.1) is 0 Å². The molecule has 9 heteroatoms. The van der Waals surface area contributed by atoms with Crippen LogP contribution >= 0.6 is 0 Å². The number of carbonyl (C=O) groups is 1. The number of rotatable bonds is 5. The van der Waals surface area contributed by atoms with E-state index in [-0.39, 0.29) is 23.6 Å². The summed E-state index contributed by atoms with van der Waals surface area (Å²) in [6.45, 7) is 4.73. The van der Waals surface area contributed by atoms with E-state index in [1.807, 2.05) is 13.8 Å². The van der Waals surface area contributed by atoms with Gasteiger partial charge in [0.05, 0.1) is 0 Å². The number of aryl methyl sites for hydroxylation is 1. The number of imidazole rings is 1. The van der Waals surface area contributed by atoms with Crippen molar-refractivity contribution in [1.29, 1.82) is 0 Å². The Labute approximate surface area is 126 Å². The molecule has 120 valence electrons. The van der Waals surface area contributed by atoms with Gasteiger partial charge >= 0.3 is 5.69 Å². The third kappa shape index (κ3) is 2.49. The standard InChI is InChI=1S/C13H20N6O3/c1-5-14-8(20)7-19-9-10(16-12(19)15-6-2)17(3)13(22)18(4)11(9)21/h5-7H2,1-4H3,(H,14,20)(H,15,16). The van der Waals surface area contributed by atoms with E-state index in [9.17, 15) is 14.4 Å². The average Bonchev–Trinajstić information content (AvgIpc) is 2.82. The van der Waals surface area contributed by atoms with Crippen LogP contribution in [0, 0.1) is 0 Å². The van der Waals surface area contributed by atoms with Crippen LogP contribution in [0.5, 0.6) is 0 Å². The Balaban J connectivity index is 2.76. The van der Waals surface area contributed by atoms with Crippen molar-refractivity contribution in [3.63, 3.8) is 0 Å². The Hall–Kier alpha value is -2.58. The number of nitrogens with one attached hydrogen (secondary N) is 2. The van der Waals surface area contributed by atoms with Crippen molar-refractivity contribution in [3.8, 4) is 0 Å². The van der Waals surface area contributed by atoms with Gasteiger partial charge in [0.15, 0.2) is 11.2 Å². The third-order valence-corrected chi connectivity index (χ3v) is 3.36. The first-order valence-electron chi connectivity index (χ1n) is 7.09. The Morgan fingerprint density at radius 3 is 2.41 bits per heavy atom. The van der Waals surface area contributed by atoms with Crippen LogP contribution in [0.1, 0.15) is 13.8 Å². The van der Waals surface area contributed by atoms with Crippen LogP contribution in [-0.4, -0.2) is 37.7 Å². The zero-order valence-electron chi connectivity index (χ0n) is 13.1. The molecular formula is C13H20N6O3. The minimum Gasteiger partial charge on any atom is -0.356 e. The van der Waals surface area contributed by atoms with Crippen LogP contribution in [-0.2, 0) is 25.4 Å². The first-order valence-corrected chi connectivity index (χ1v) is 7.09. The highest BCUT2D eigenvalue weighted by molar-refractivity contribution is 5.81. The van der Waals surface area contributed by atoms with Gasteiger partial charge in [-0.05, 0) is 13.8 Å². The van der Waals surface area contributed by atoms with Gasteiger partial charge in [0, 0.05) is 27.2 Å². The second kappa shape index (κ2) is 6.04. The minimum absolute atomic E-state index is 0.0416. The van der Waals surface area contributed by atoms with E-state index in [0.717, 1.165) is 4.57 Å². The number of carbonyl (C=O) groups excluding carboxylic acids is 1. The molecule has 0 saturated carbocycles. The molecule has 0 aliphatic heterocycles. The van der Waals surface area contributed by atoms with Gasteiger partial charge < -0.3 is 10.6 Å². The molecule has 0 radical (unpaired) electrons. The molecule has 0 aliphatic rings. The minimum atomic E-state index is -0.473. The lowest BCUT2D eigenvalue weighted by Gasteiger charge is -2.09. The summed E-state index contributed by atoms with van der Waals surface area (Å²) in [5.74, 6) is 0.166. The summed E-state index contributed by atoms with van der Waals surface area (Å²) in [6.07, 6.45) is 0. The fourth-order valence-electron chi connectivity index (χ4n) is 2.29. The molecule has 9 nitrogen and oxygen atoms in total. The van der Waals surface area contributed by atoms with Gasteiger partial charge in [-0.2, -0.15) is 4.98 Å². The van der Waals surface area contributed by atoms with E-state index in [0.29, 0.717) is 19.0 Å². The second-order valence-electron chi connectivity index (χ2n) is 4.88. The summed E-state index contributed by atoms with van der Waals surface area (Å²) in [6, 6.07) is 0. The van der Waals surface area contributed by atoms with Crippen molar-refractivity contribution in [2.75, 3.05) is 18.4 Å². The number of amides is 1. The molecule has 2 N–H and O–H groups in total. The zero-order valence-corrected chi connectivity index (χ0v) is 13.1. The lowest BCUT2D eigenvalue weighted by molar-refractivity contribution is -0.121. The van der Waals surface area contributed by atoms with Gasteiger partial charge in [0.1, 0.15) is 6.54 Å². The van der Waals surface area contributed by atoms with Crippen LogP contribution in [0.4, 0.5) is 5.95 Å². The van der Waals surface area contributed by atoms with Gasteiger partial charge in [-0.3, -0.25) is 23.3 Å². The predicted molar refractivity (Wildman–Crippen MR) is 83.1 cm³/mol. The normalized spacial score (nSPS) is 10.9. The van der Waals surface area contributed by atoms with Crippen LogP contribution in [0.15, 0.2) is 9.59 Å². The fourth-order valence-corrected chi connectivity index (χ4v) is 2.29. The van der Waals surface area contributed by atoms with E-state index >= 15 is 0 Å². The quantitative estimate of drug-likeness (QED) is 0.737. The largest absolute Gasteiger partial charge is 0.356 e. The zero-order chi connectivity index (χ0) is 16.4. The van der Waals surface area contributed by atoms with Crippen molar-refractivity contribution in [2.45, 2.75) is 20.4 Å². The van der Waals surface area contributed by atoms with Crippen molar-refractivity contribution in [2.24, 2.45) is 14.1 Å². The summed E-state index contributed by atoms with van der Waals surface area (Å²) in [5, 5.41) is 5.70. The molecule has 0 aromatic carbocycles. The van der Waals surface area contributed by atoms with E-state index in [2.05, 4.69) is 15.6 Å². The first-order chi connectivity index (χ1) is 10.4. The summed E-state index contributed by atoms with van der Waals surface area (Å²) in [7, 11) is 2.95. The molecule has 2 aromatic rings. The average molecular weight is 308 g/mol. The van der Waals surface area contributed by atoms with E-state index in [1.165, 1.54) is 16.2 Å². The molecule has 0 aliphatic carbocycles. The number of likely N-dealkylation sites (N-methyl/N-ethyl adjacent to an activating group) is 1. The Morgan fingerprint density at radius 2 is 1.82 bits per heavy atom. The molecule has 2 heterocycles. The number of hydrogen-bond acceptors (Lipinski definition) is 5. The van der Waals surface area contributed by atoms with E-state index in [1.54, 1.807) is 7.05 Å². The molecule has 0 bridgehead atoms. The van der Waals surface area contributed by atoms with Crippen molar-refractivity contribution in [3.05, 3.63) is 20.8 Å². The van der Waals surface area contributed by atoms with Gasteiger partial charge in [0.25, 0.3) is 5.56 Å². The van der Waals surface area contributed by atoms with Gasteiger partial charge in [-0.1, -0.05) is 0 Å². The molecule has 0 spiro atoms. The molecule has 0 atom stereocenters. The maximum Gasteiger partial charge on any atom is 0.332 e. The van der Waals surface area contributed by atoms with Crippen molar-refractivity contribution < 1.29 is 4.79 Å². The number of anilines is 1. The van der Waals surface area contributed by atoms with Crippen molar-refractivity contribution >= 4 is 23.0 Å². The summed E-state index contributed by atoms with van der Waals surface area (Å²) in [4.78, 5) is 40.6. The maximum atomic E-state index is 12.4. The Bertz CT molecular complexity index is 829. The highest BCUT2D eigenvalue weighted by Crippen LogP contribution is 2.15. The maximum absolute atomic E-state index is 12.4.